The van der Waals surface area contributed by atoms with Gasteiger partial charge in [-0.3, -0.25) is 4.79 Å². The molecule has 1 N–H and O–H groups in total. The lowest BCUT2D eigenvalue weighted by atomic mass is 10.1. The van der Waals surface area contributed by atoms with Crippen molar-refractivity contribution in [2.24, 2.45) is 0 Å². The van der Waals surface area contributed by atoms with Crippen molar-refractivity contribution in [3.8, 4) is 0 Å². The summed E-state index contributed by atoms with van der Waals surface area (Å²) in [4.78, 5) is 11.0. The van der Waals surface area contributed by atoms with Gasteiger partial charge in [-0.1, -0.05) is 17.7 Å². The Morgan fingerprint density at radius 1 is 1.19 bits per heavy atom. The summed E-state index contributed by atoms with van der Waals surface area (Å²) in [5.74, 6) is -1.01. The Morgan fingerprint density at radius 2 is 1.67 bits per heavy atom. The maximum atomic E-state index is 12.9. The van der Waals surface area contributed by atoms with Crippen LogP contribution in [0.4, 0.5) is 0 Å². The quantitative estimate of drug-likeness (QED) is 0.875. The molecule has 118 valence electrons. The molecule has 0 radical (unpaired) electrons. The molecule has 0 amide bonds. The molecule has 1 aromatic rings. The van der Waals surface area contributed by atoms with Gasteiger partial charge in [0.1, 0.15) is 0 Å². The number of hydrogen-bond acceptors (Lipinski definition) is 3. The monoisotopic (exact) mass is 313 g/mol. The number of hydrogen-bond donors (Lipinski definition) is 1. The highest BCUT2D eigenvalue weighted by atomic mass is 32.2. The molecule has 0 saturated carbocycles. The number of aryl methyl sites for hydroxylation is 3. The molecule has 0 fully saturated rings. The van der Waals surface area contributed by atoms with Crippen LogP contribution in [0.1, 0.15) is 37.0 Å². The van der Waals surface area contributed by atoms with E-state index in [-0.39, 0.29) is 23.9 Å². The second-order valence-corrected chi connectivity index (χ2v) is 7.41. The number of sulfonamides is 1. The first-order valence-electron chi connectivity index (χ1n) is 6.89. The predicted octanol–water partition coefficient (Wildman–Crippen LogP) is 2.49. The van der Waals surface area contributed by atoms with Crippen molar-refractivity contribution in [3.63, 3.8) is 0 Å². The van der Waals surface area contributed by atoms with Crippen LogP contribution in [-0.4, -0.2) is 36.4 Å². The van der Waals surface area contributed by atoms with E-state index in [2.05, 4.69) is 0 Å². The zero-order valence-corrected chi connectivity index (χ0v) is 14.0. The summed E-state index contributed by atoms with van der Waals surface area (Å²) < 4.78 is 27.0. The first kappa shape index (κ1) is 17.7. The molecule has 0 atom stereocenters. The average molecular weight is 313 g/mol. The minimum absolute atomic E-state index is 0.0257. The summed E-state index contributed by atoms with van der Waals surface area (Å²) in [5, 5.41) is 8.80. The summed E-state index contributed by atoms with van der Waals surface area (Å²) in [6.45, 7) is 8.92. The van der Waals surface area contributed by atoms with Crippen molar-refractivity contribution < 1.29 is 18.3 Å². The Labute approximate surface area is 126 Å². The molecule has 0 aliphatic rings. The summed E-state index contributed by atoms with van der Waals surface area (Å²) in [6, 6.07) is 3.36. The van der Waals surface area contributed by atoms with Crippen molar-refractivity contribution in [3.05, 3.63) is 28.8 Å². The van der Waals surface area contributed by atoms with E-state index in [1.807, 2.05) is 19.1 Å². The number of carboxylic acid groups (broad SMARTS) is 1. The molecule has 0 unspecified atom stereocenters. The highest BCUT2D eigenvalue weighted by Crippen LogP contribution is 2.26. The van der Waals surface area contributed by atoms with Crippen molar-refractivity contribution in [1.82, 2.24) is 4.31 Å². The molecule has 0 spiro atoms. The van der Waals surface area contributed by atoms with Gasteiger partial charge < -0.3 is 5.11 Å². The maximum absolute atomic E-state index is 12.9. The van der Waals surface area contributed by atoms with Gasteiger partial charge in [0, 0.05) is 12.6 Å². The third-order valence-corrected chi connectivity index (χ3v) is 5.67. The predicted molar refractivity (Wildman–Crippen MR) is 81.9 cm³/mol. The molecule has 0 aliphatic heterocycles. The lowest BCUT2D eigenvalue weighted by molar-refractivity contribution is -0.137. The lowest BCUT2D eigenvalue weighted by Gasteiger charge is -2.27. The maximum Gasteiger partial charge on any atom is 0.304 e. The SMILES string of the molecule is Cc1cc(C)c(S(=O)(=O)N(CCC(=O)O)C(C)C)c(C)c1. The third kappa shape index (κ3) is 4.04. The minimum atomic E-state index is -3.70. The van der Waals surface area contributed by atoms with Crippen LogP contribution in [0, 0.1) is 20.8 Å². The van der Waals surface area contributed by atoms with Gasteiger partial charge in [-0.05, 0) is 45.7 Å². The second kappa shape index (κ2) is 6.58. The molecule has 5 nitrogen and oxygen atoms in total. The molecule has 0 saturated heterocycles. The summed E-state index contributed by atoms with van der Waals surface area (Å²) >= 11 is 0. The lowest BCUT2D eigenvalue weighted by Crippen LogP contribution is -2.39. The Morgan fingerprint density at radius 3 is 2.05 bits per heavy atom. The van der Waals surface area contributed by atoms with E-state index in [1.165, 1.54) is 4.31 Å². The number of aliphatic carboxylic acids is 1. The van der Waals surface area contributed by atoms with Crippen LogP contribution in [-0.2, 0) is 14.8 Å². The fourth-order valence-electron chi connectivity index (χ4n) is 2.55. The van der Waals surface area contributed by atoms with E-state index in [1.54, 1.807) is 27.7 Å². The van der Waals surface area contributed by atoms with E-state index < -0.39 is 16.0 Å². The number of rotatable bonds is 6. The summed E-state index contributed by atoms with van der Waals surface area (Å²) in [7, 11) is -3.70. The van der Waals surface area contributed by atoms with Gasteiger partial charge in [-0.2, -0.15) is 4.31 Å². The smallest absolute Gasteiger partial charge is 0.304 e. The zero-order valence-electron chi connectivity index (χ0n) is 13.2. The molecule has 6 heteroatoms. The van der Waals surface area contributed by atoms with E-state index >= 15 is 0 Å². The minimum Gasteiger partial charge on any atom is -0.481 e. The Bertz CT molecular complexity index is 612. The number of benzene rings is 1. The van der Waals surface area contributed by atoms with Gasteiger partial charge >= 0.3 is 5.97 Å². The van der Waals surface area contributed by atoms with Gasteiger partial charge in [0.15, 0.2) is 0 Å². The van der Waals surface area contributed by atoms with Crippen LogP contribution in [0.2, 0.25) is 0 Å². The molecule has 0 aliphatic carbocycles. The molecular formula is C15H23NO4S. The highest BCUT2D eigenvalue weighted by molar-refractivity contribution is 7.89. The molecule has 0 heterocycles. The van der Waals surface area contributed by atoms with E-state index in [0.717, 1.165) is 5.56 Å². The van der Waals surface area contributed by atoms with Gasteiger partial charge in [-0.25, -0.2) is 8.42 Å². The third-order valence-electron chi connectivity index (χ3n) is 3.29. The van der Waals surface area contributed by atoms with E-state index in [0.29, 0.717) is 11.1 Å². The van der Waals surface area contributed by atoms with E-state index in [9.17, 15) is 13.2 Å². The van der Waals surface area contributed by atoms with Gasteiger partial charge in [0.05, 0.1) is 11.3 Å². The van der Waals surface area contributed by atoms with Crippen LogP contribution < -0.4 is 0 Å². The zero-order chi connectivity index (χ0) is 16.4. The average Bonchev–Trinajstić information content (AvgIpc) is 2.25. The highest BCUT2D eigenvalue weighted by Gasteiger charge is 2.30. The largest absolute Gasteiger partial charge is 0.481 e. The molecule has 1 rings (SSSR count). The first-order chi connectivity index (χ1) is 9.57. The molecule has 21 heavy (non-hydrogen) atoms. The van der Waals surface area contributed by atoms with Crippen LogP contribution in [0.25, 0.3) is 0 Å². The fourth-order valence-corrected chi connectivity index (χ4v) is 4.61. The second-order valence-electron chi connectivity index (χ2n) is 5.58. The van der Waals surface area contributed by atoms with Crippen molar-refractivity contribution in [2.45, 2.75) is 52.0 Å². The number of nitrogens with zero attached hydrogens (tertiary/aromatic N) is 1. The number of carbonyl (C=O) groups is 1. The van der Waals surface area contributed by atoms with Gasteiger partial charge in [0.25, 0.3) is 0 Å². The van der Waals surface area contributed by atoms with Crippen molar-refractivity contribution in [2.75, 3.05) is 6.54 Å². The summed E-state index contributed by atoms with van der Waals surface area (Å²) in [5.41, 5.74) is 2.38. The standard InChI is InChI=1S/C15H23NO4S/c1-10(2)16(7-6-14(17)18)21(19,20)15-12(4)8-11(3)9-13(15)5/h8-10H,6-7H2,1-5H3,(H,17,18). The van der Waals surface area contributed by atoms with Gasteiger partial charge in [0.2, 0.25) is 10.0 Å². The Kier molecular flexibility index (Phi) is 5.53. The number of carboxylic acids is 1. The molecule has 1 aromatic carbocycles. The van der Waals surface area contributed by atoms with Gasteiger partial charge in [-0.15, -0.1) is 0 Å². The van der Waals surface area contributed by atoms with E-state index in [4.69, 9.17) is 5.11 Å². The Balaban J connectivity index is 3.33. The Hall–Kier alpha value is -1.40. The van der Waals surface area contributed by atoms with Crippen LogP contribution in [0.5, 0.6) is 0 Å². The molecular weight excluding hydrogens is 290 g/mol. The van der Waals surface area contributed by atoms with Crippen LogP contribution >= 0.6 is 0 Å². The topological polar surface area (TPSA) is 74.7 Å². The first-order valence-corrected chi connectivity index (χ1v) is 8.33. The molecule has 0 bridgehead atoms. The normalized spacial score (nSPS) is 12.1. The van der Waals surface area contributed by atoms with Crippen molar-refractivity contribution >= 4 is 16.0 Å². The fraction of sp³-hybridized carbons (Fsp3) is 0.533. The van der Waals surface area contributed by atoms with Crippen LogP contribution in [0.3, 0.4) is 0 Å². The molecule has 0 aromatic heterocycles. The summed E-state index contributed by atoms with van der Waals surface area (Å²) in [6.07, 6.45) is -0.207. The van der Waals surface area contributed by atoms with Crippen LogP contribution in [0.15, 0.2) is 17.0 Å². The van der Waals surface area contributed by atoms with Crippen molar-refractivity contribution in [1.29, 1.82) is 0 Å².